The van der Waals surface area contributed by atoms with Gasteiger partial charge in [-0.25, -0.2) is 8.78 Å². The van der Waals surface area contributed by atoms with Gasteiger partial charge >= 0.3 is 0 Å². The highest BCUT2D eigenvalue weighted by molar-refractivity contribution is 5.96. The highest BCUT2D eigenvalue weighted by atomic mass is 19.1. The summed E-state index contributed by atoms with van der Waals surface area (Å²) in [4.78, 5) is 12.3. The third-order valence-electron chi connectivity index (χ3n) is 4.28. The SMILES string of the molecule is C[C@@H](NCC(=O)Nc1ccccc1-c1ccccc1)c1ccc(F)cc1F. The van der Waals surface area contributed by atoms with E-state index < -0.39 is 17.7 Å². The van der Waals surface area contributed by atoms with Gasteiger partial charge in [0.05, 0.1) is 6.54 Å². The van der Waals surface area contributed by atoms with Crippen LogP contribution in [0.5, 0.6) is 0 Å². The van der Waals surface area contributed by atoms with Crippen molar-refractivity contribution in [3.63, 3.8) is 0 Å². The summed E-state index contributed by atoms with van der Waals surface area (Å²) in [6, 6.07) is 20.3. The standard InChI is InChI=1S/C22H20F2N2O/c1-15(18-12-11-17(23)13-20(18)24)25-14-22(27)26-21-10-6-5-9-19(21)16-7-3-2-4-8-16/h2-13,15,25H,14H2,1H3,(H,26,27)/t15-/m1/s1. The van der Waals surface area contributed by atoms with Crippen LogP contribution in [0.15, 0.2) is 72.8 Å². The molecule has 0 heterocycles. The molecule has 0 saturated heterocycles. The van der Waals surface area contributed by atoms with Crippen LogP contribution in [0.25, 0.3) is 11.1 Å². The first-order valence-electron chi connectivity index (χ1n) is 8.67. The summed E-state index contributed by atoms with van der Waals surface area (Å²) in [5.74, 6) is -1.50. The molecule has 0 aliphatic rings. The number of rotatable bonds is 6. The van der Waals surface area contributed by atoms with Crippen LogP contribution in [0.2, 0.25) is 0 Å². The van der Waals surface area contributed by atoms with E-state index in [9.17, 15) is 13.6 Å². The van der Waals surface area contributed by atoms with E-state index in [0.717, 1.165) is 17.2 Å². The molecular weight excluding hydrogens is 346 g/mol. The van der Waals surface area contributed by atoms with Crippen LogP contribution in [0.1, 0.15) is 18.5 Å². The topological polar surface area (TPSA) is 41.1 Å². The summed E-state index contributed by atoms with van der Waals surface area (Å²) in [5, 5.41) is 5.85. The molecule has 0 bridgehead atoms. The fourth-order valence-corrected chi connectivity index (χ4v) is 2.86. The van der Waals surface area contributed by atoms with Crippen molar-refractivity contribution < 1.29 is 13.6 Å². The molecule has 2 N–H and O–H groups in total. The molecule has 3 aromatic carbocycles. The molecule has 27 heavy (non-hydrogen) atoms. The summed E-state index contributed by atoms with van der Waals surface area (Å²) >= 11 is 0. The fourth-order valence-electron chi connectivity index (χ4n) is 2.86. The van der Waals surface area contributed by atoms with Crippen LogP contribution in [0.4, 0.5) is 14.5 Å². The molecule has 0 aromatic heterocycles. The summed E-state index contributed by atoms with van der Waals surface area (Å²) in [6.45, 7) is 1.72. The summed E-state index contributed by atoms with van der Waals surface area (Å²) in [6.07, 6.45) is 0. The lowest BCUT2D eigenvalue weighted by Crippen LogP contribution is -2.30. The summed E-state index contributed by atoms with van der Waals surface area (Å²) in [5.41, 5.74) is 2.94. The zero-order valence-corrected chi connectivity index (χ0v) is 14.9. The Labute approximate surface area is 157 Å². The largest absolute Gasteiger partial charge is 0.324 e. The van der Waals surface area contributed by atoms with Gasteiger partial charge in [0.15, 0.2) is 0 Å². The number of para-hydroxylation sites is 1. The van der Waals surface area contributed by atoms with Crippen LogP contribution in [-0.4, -0.2) is 12.5 Å². The first kappa shape index (κ1) is 18.7. The molecule has 0 radical (unpaired) electrons. The Kier molecular flexibility index (Phi) is 5.94. The molecule has 138 valence electrons. The second kappa shape index (κ2) is 8.56. The van der Waals surface area contributed by atoms with Gasteiger partial charge in [-0.2, -0.15) is 0 Å². The average molecular weight is 366 g/mol. The van der Waals surface area contributed by atoms with E-state index in [1.165, 1.54) is 12.1 Å². The van der Waals surface area contributed by atoms with Crippen molar-refractivity contribution in [2.45, 2.75) is 13.0 Å². The number of hydrogen-bond donors (Lipinski definition) is 2. The number of benzene rings is 3. The zero-order valence-electron chi connectivity index (χ0n) is 14.9. The number of hydrogen-bond acceptors (Lipinski definition) is 2. The van der Waals surface area contributed by atoms with Crippen molar-refractivity contribution in [1.29, 1.82) is 0 Å². The van der Waals surface area contributed by atoms with Crippen molar-refractivity contribution in [2.75, 3.05) is 11.9 Å². The summed E-state index contributed by atoms with van der Waals surface area (Å²) in [7, 11) is 0. The molecule has 0 spiro atoms. The van der Waals surface area contributed by atoms with E-state index in [2.05, 4.69) is 10.6 Å². The Morgan fingerprint density at radius 1 is 0.963 bits per heavy atom. The zero-order chi connectivity index (χ0) is 19.2. The molecule has 0 saturated carbocycles. The van der Waals surface area contributed by atoms with Gasteiger partial charge in [0.2, 0.25) is 5.91 Å². The molecule has 3 nitrogen and oxygen atoms in total. The van der Waals surface area contributed by atoms with Crippen molar-refractivity contribution in [1.82, 2.24) is 5.32 Å². The van der Waals surface area contributed by atoms with Gasteiger partial charge in [-0.05, 0) is 24.6 Å². The van der Waals surface area contributed by atoms with Gasteiger partial charge in [-0.15, -0.1) is 0 Å². The quantitative estimate of drug-likeness (QED) is 0.650. The minimum atomic E-state index is -0.634. The van der Waals surface area contributed by atoms with Crippen LogP contribution in [0, 0.1) is 11.6 Å². The summed E-state index contributed by atoms with van der Waals surface area (Å²) < 4.78 is 26.9. The number of anilines is 1. The predicted molar refractivity (Wildman–Crippen MR) is 103 cm³/mol. The van der Waals surface area contributed by atoms with Crippen LogP contribution >= 0.6 is 0 Å². The van der Waals surface area contributed by atoms with E-state index in [4.69, 9.17) is 0 Å². The molecule has 0 aliphatic heterocycles. The third kappa shape index (κ3) is 4.77. The molecule has 5 heteroatoms. The van der Waals surface area contributed by atoms with Crippen LogP contribution in [-0.2, 0) is 4.79 Å². The number of carbonyl (C=O) groups excluding carboxylic acids is 1. The normalized spacial score (nSPS) is 11.8. The maximum absolute atomic E-state index is 13.8. The maximum Gasteiger partial charge on any atom is 0.238 e. The Bertz CT molecular complexity index is 929. The van der Waals surface area contributed by atoms with Crippen molar-refractivity contribution in [3.05, 3.63) is 90.0 Å². The minimum Gasteiger partial charge on any atom is -0.324 e. The Morgan fingerprint density at radius 3 is 2.41 bits per heavy atom. The Hall–Kier alpha value is -3.05. The Morgan fingerprint density at radius 2 is 1.67 bits per heavy atom. The fraction of sp³-hybridized carbons (Fsp3) is 0.136. The molecule has 0 unspecified atom stereocenters. The van der Waals surface area contributed by atoms with E-state index in [-0.39, 0.29) is 12.5 Å². The van der Waals surface area contributed by atoms with Crippen molar-refractivity contribution in [2.24, 2.45) is 0 Å². The van der Waals surface area contributed by atoms with Gasteiger partial charge in [-0.3, -0.25) is 4.79 Å². The molecule has 3 rings (SSSR count). The second-order valence-corrected chi connectivity index (χ2v) is 6.23. The third-order valence-corrected chi connectivity index (χ3v) is 4.28. The van der Waals surface area contributed by atoms with Gasteiger partial charge in [0, 0.05) is 28.9 Å². The average Bonchev–Trinajstić information content (AvgIpc) is 2.67. The van der Waals surface area contributed by atoms with Gasteiger partial charge in [0.1, 0.15) is 11.6 Å². The predicted octanol–water partition coefficient (Wildman–Crippen LogP) is 4.92. The van der Waals surface area contributed by atoms with Crippen LogP contribution in [0.3, 0.4) is 0 Å². The number of halogens is 2. The van der Waals surface area contributed by atoms with E-state index in [0.29, 0.717) is 11.3 Å². The van der Waals surface area contributed by atoms with Gasteiger partial charge in [-0.1, -0.05) is 54.6 Å². The highest BCUT2D eigenvalue weighted by Gasteiger charge is 2.14. The molecular formula is C22H20F2N2O. The number of carbonyl (C=O) groups is 1. The minimum absolute atomic E-state index is 0.00110. The van der Waals surface area contributed by atoms with E-state index >= 15 is 0 Å². The van der Waals surface area contributed by atoms with Crippen LogP contribution < -0.4 is 10.6 Å². The number of amides is 1. The highest BCUT2D eigenvalue weighted by Crippen LogP contribution is 2.27. The van der Waals surface area contributed by atoms with E-state index in [1.807, 2.05) is 54.6 Å². The Balaban J connectivity index is 1.65. The monoisotopic (exact) mass is 366 g/mol. The smallest absolute Gasteiger partial charge is 0.238 e. The van der Waals surface area contributed by atoms with Crippen molar-refractivity contribution in [3.8, 4) is 11.1 Å². The molecule has 1 amide bonds. The lowest BCUT2D eigenvalue weighted by Gasteiger charge is -2.16. The molecule has 1 atom stereocenters. The first-order chi connectivity index (χ1) is 13.0. The number of nitrogens with one attached hydrogen (secondary N) is 2. The second-order valence-electron chi connectivity index (χ2n) is 6.23. The van der Waals surface area contributed by atoms with Crippen molar-refractivity contribution >= 4 is 11.6 Å². The molecule has 3 aromatic rings. The molecule has 0 aliphatic carbocycles. The lowest BCUT2D eigenvalue weighted by molar-refractivity contribution is -0.115. The van der Waals surface area contributed by atoms with Gasteiger partial charge in [0.25, 0.3) is 0 Å². The van der Waals surface area contributed by atoms with Gasteiger partial charge < -0.3 is 10.6 Å². The lowest BCUT2D eigenvalue weighted by atomic mass is 10.0. The first-order valence-corrected chi connectivity index (χ1v) is 8.67. The van der Waals surface area contributed by atoms with E-state index in [1.54, 1.807) is 6.92 Å². The maximum atomic E-state index is 13.8. The molecule has 0 fully saturated rings.